The van der Waals surface area contributed by atoms with Crippen LogP contribution in [0.15, 0.2) is 48.8 Å². The summed E-state index contributed by atoms with van der Waals surface area (Å²) in [5, 5.41) is 1.29. The molecule has 0 amide bonds. The fraction of sp³-hybridized carbons (Fsp3) is 0.316. The topological polar surface area (TPSA) is 39.5 Å². The van der Waals surface area contributed by atoms with Gasteiger partial charge in [0.25, 0.3) is 0 Å². The van der Waals surface area contributed by atoms with Crippen molar-refractivity contribution < 1.29 is 9.47 Å². The first kappa shape index (κ1) is 15.2. The molecule has 3 aromatic rings. The number of methoxy groups -OCH3 is 1. The number of aromatic nitrogens is 2. The summed E-state index contributed by atoms with van der Waals surface area (Å²) in [7, 11) is 1.64. The summed E-state index contributed by atoms with van der Waals surface area (Å²) in [5.74, 6) is 0.624. The molecule has 0 spiro atoms. The van der Waals surface area contributed by atoms with Crippen LogP contribution in [0, 0.1) is 0 Å². The Bertz CT molecular complexity index is 837. The van der Waals surface area contributed by atoms with Gasteiger partial charge in [-0.15, -0.1) is 0 Å². The number of nitrogens with zero attached hydrogens (tertiary/aromatic N) is 3. The van der Waals surface area contributed by atoms with Gasteiger partial charge in [-0.3, -0.25) is 4.90 Å². The van der Waals surface area contributed by atoms with Gasteiger partial charge in [-0.25, -0.2) is 4.98 Å². The van der Waals surface area contributed by atoms with E-state index in [9.17, 15) is 0 Å². The largest absolute Gasteiger partial charge is 0.481 e. The Kier molecular flexibility index (Phi) is 4.19. The van der Waals surface area contributed by atoms with Crippen molar-refractivity contribution in [1.82, 2.24) is 14.5 Å². The van der Waals surface area contributed by atoms with Gasteiger partial charge in [-0.05, 0) is 23.8 Å². The number of ether oxygens (including phenoxy) is 2. The number of fused-ring (bicyclic) bond motifs is 1. The van der Waals surface area contributed by atoms with Crippen LogP contribution in [0.25, 0.3) is 16.6 Å². The predicted octanol–water partition coefficient (Wildman–Crippen LogP) is 2.87. The Hall–Kier alpha value is -2.37. The van der Waals surface area contributed by atoms with E-state index in [0.717, 1.165) is 38.5 Å². The zero-order valence-electron chi connectivity index (χ0n) is 13.8. The third-order valence-corrected chi connectivity index (χ3v) is 4.53. The minimum absolute atomic E-state index is 0.624. The van der Waals surface area contributed by atoms with E-state index >= 15 is 0 Å². The molecule has 1 saturated heterocycles. The Labute approximate surface area is 141 Å². The first-order valence-electron chi connectivity index (χ1n) is 8.24. The summed E-state index contributed by atoms with van der Waals surface area (Å²) in [6.45, 7) is 4.61. The van der Waals surface area contributed by atoms with Crippen molar-refractivity contribution in [3.63, 3.8) is 0 Å². The lowest BCUT2D eigenvalue weighted by molar-refractivity contribution is 0.0344. The van der Waals surface area contributed by atoms with E-state index in [-0.39, 0.29) is 0 Å². The lowest BCUT2D eigenvalue weighted by atomic mass is 10.1. The van der Waals surface area contributed by atoms with Gasteiger partial charge >= 0.3 is 0 Å². The average molecular weight is 323 g/mol. The Balaban J connectivity index is 1.70. The minimum atomic E-state index is 0.624. The van der Waals surface area contributed by atoms with Gasteiger partial charge in [0, 0.05) is 43.5 Å². The van der Waals surface area contributed by atoms with E-state index in [1.165, 1.54) is 16.5 Å². The molecule has 0 N–H and O–H groups in total. The molecule has 124 valence electrons. The molecule has 3 heterocycles. The van der Waals surface area contributed by atoms with Gasteiger partial charge in [-0.1, -0.05) is 12.1 Å². The van der Waals surface area contributed by atoms with E-state index in [2.05, 4.69) is 44.9 Å². The molecule has 5 nitrogen and oxygen atoms in total. The molecular weight excluding hydrogens is 302 g/mol. The van der Waals surface area contributed by atoms with Gasteiger partial charge in [0.1, 0.15) is 0 Å². The van der Waals surface area contributed by atoms with Crippen LogP contribution in [0.4, 0.5) is 0 Å². The van der Waals surface area contributed by atoms with Crippen molar-refractivity contribution in [2.75, 3.05) is 33.4 Å². The van der Waals surface area contributed by atoms with Gasteiger partial charge in [0.05, 0.1) is 31.5 Å². The summed E-state index contributed by atoms with van der Waals surface area (Å²) < 4.78 is 12.9. The summed E-state index contributed by atoms with van der Waals surface area (Å²) in [6.07, 6.45) is 3.89. The molecule has 4 rings (SSSR count). The lowest BCUT2D eigenvalue weighted by Gasteiger charge is -2.26. The SMILES string of the molecule is COc1cc(-n2ccc3c(CN4CCOCC4)cccc32)ccn1. The molecule has 0 bridgehead atoms. The zero-order chi connectivity index (χ0) is 16.4. The molecule has 0 aliphatic carbocycles. The molecule has 5 heteroatoms. The van der Waals surface area contributed by atoms with Crippen LogP contribution in [-0.2, 0) is 11.3 Å². The third-order valence-electron chi connectivity index (χ3n) is 4.53. The van der Waals surface area contributed by atoms with Crippen LogP contribution in [0.1, 0.15) is 5.56 Å². The average Bonchev–Trinajstić information content (AvgIpc) is 3.08. The first-order chi connectivity index (χ1) is 11.8. The molecule has 1 aliphatic heterocycles. The monoisotopic (exact) mass is 323 g/mol. The van der Waals surface area contributed by atoms with E-state index < -0.39 is 0 Å². The van der Waals surface area contributed by atoms with E-state index in [1.54, 1.807) is 13.3 Å². The van der Waals surface area contributed by atoms with Crippen LogP contribution < -0.4 is 4.74 Å². The van der Waals surface area contributed by atoms with Crippen LogP contribution >= 0.6 is 0 Å². The molecule has 1 aromatic carbocycles. The number of pyridine rings is 1. The Morgan fingerprint density at radius 2 is 2.04 bits per heavy atom. The highest BCUT2D eigenvalue weighted by molar-refractivity contribution is 5.85. The van der Waals surface area contributed by atoms with Crippen LogP contribution in [0.5, 0.6) is 5.88 Å². The third kappa shape index (κ3) is 2.88. The molecule has 0 atom stereocenters. The van der Waals surface area contributed by atoms with Crippen LogP contribution in [-0.4, -0.2) is 47.9 Å². The second-order valence-electron chi connectivity index (χ2n) is 5.98. The summed E-state index contributed by atoms with van der Waals surface area (Å²) >= 11 is 0. The minimum Gasteiger partial charge on any atom is -0.481 e. The number of rotatable bonds is 4. The fourth-order valence-corrected chi connectivity index (χ4v) is 3.25. The van der Waals surface area contributed by atoms with Crippen molar-refractivity contribution >= 4 is 10.9 Å². The first-order valence-corrected chi connectivity index (χ1v) is 8.24. The van der Waals surface area contributed by atoms with Crippen molar-refractivity contribution in [2.24, 2.45) is 0 Å². The van der Waals surface area contributed by atoms with Gasteiger partial charge in [0.2, 0.25) is 5.88 Å². The Morgan fingerprint density at radius 1 is 1.17 bits per heavy atom. The lowest BCUT2D eigenvalue weighted by Crippen LogP contribution is -2.35. The predicted molar refractivity (Wildman–Crippen MR) is 93.7 cm³/mol. The molecule has 0 saturated carbocycles. The number of morpholine rings is 1. The van der Waals surface area contributed by atoms with Gasteiger partial charge < -0.3 is 14.0 Å². The normalized spacial score (nSPS) is 15.7. The molecule has 0 radical (unpaired) electrons. The van der Waals surface area contributed by atoms with E-state index in [4.69, 9.17) is 9.47 Å². The fourth-order valence-electron chi connectivity index (χ4n) is 3.25. The number of benzene rings is 1. The van der Waals surface area contributed by atoms with Crippen LogP contribution in [0.3, 0.4) is 0 Å². The number of hydrogen-bond donors (Lipinski definition) is 0. The standard InChI is InChI=1S/C19H21N3O2/c1-23-19-13-16(5-7-20-19)22-8-6-17-15(3-2-4-18(17)22)14-21-9-11-24-12-10-21/h2-8,13H,9-12,14H2,1H3. The van der Waals surface area contributed by atoms with Crippen LogP contribution in [0.2, 0.25) is 0 Å². The second-order valence-corrected chi connectivity index (χ2v) is 5.98. The van der Waals surface area contributed by atoms with Crippen molar-refractivity contribution in [3.05, 3.63) is 54.4 Å². The maximum Gasteiger partial charge on any atom is 0.215 e. The second kappa shape index (κ2) is 6.63. The highest BCUT2D eigenvalue weighted by atomic mass is 16.5. The molecule has 24 heavy (non-hydrogen) atoms. The smallest absolute Gasteiger partial charge is 0.215 e. The highest BCUT2D eigenvalue weighted by Gasteiger charge is 2.13. The molecular formula is C19H21N3O2. The van der Waals surface area contributed by atoms with Gasteiger partial charge in [0.15, 0.2) is 0 Å². The van der Waals surface area contributed by atoms with E-state index in [1.807, 2.05) is 12.1 Å². The van der Waals surface area contributed by atoms with Gasteiger partial charge in [-0.2, -0.15) is 0 Å². The molecule has 2 aromatic heterocycles. The van der Waals surface area contributed by atoms with Crippen molar-refractivity contribution in [3.8, 4) is 11.6 Å². The summed E-state index contributed by atoms with van der Waals surface area (Å²) in [4.78, 5) is 6.64. The molecule has 0 unspecified atom stereocenters. The van der Waals surface area contributed by atoms with Crippen molar-refractivity contribution in [2.45, 2.75) is 6.54 Å². The Morgan fingerprint density at radius 3 is 2.88 bits per heavy atom. The highest BCUT2D eigenvalue weighted by Crippen LogP contribution is 2.25. The molecule has 1 aliphatic rings. The maximum atomic E-state index is 5.45. The molecule has 1 fully saturated rings. The maximum absolute atomic E-state index is 5.45. The summed E-state index contributed by atoms with van der Waals surface area (Å²) in [6, 6.07) is 12.6. The zero-order valence-corrected chi connectivity index (χ0v) is 13.8. The van der Waals surface area contributed by atoms with E-state index in [0.29, 0.717) is 5.88 Å². The number of hydrogen-bond acceptors (Lipinski definition) is 4. The van der Waals surface area contributed by atoms with Crippen molar-refractivity contribution in [1.29, 1.82) is 0 Å². The summed E-state index contributed by atoms with van der Waals surface area (Å²) in [5.41, 5.74) is 3.61. The quantitative estimate of drug-likeness (QED) is 0.740.